The van der Waals surface area contributed by atoms with Crippen LogP contribution in [0.15, 0.2) is 23.0 Å². The lowest BCUT2D eigenvalue weighted by atomic mass is 9.93. The van der Waals surface area contributed by atoms with Crippen molar-refractivity contribution < 1.29 is 18.3 Å². The van der Waals surface area contributed by atoms with Crippen LogP contribution in [0.1, 0.15) is 48.5 Å². The fraction of sp³-hybridized carbons (Fsp3) is 0.556. The van der Waals surface area contributed by atoms with Crippen LogP contribution in [0, 0.1) is 0 Å². The van der Waals surface area contributed by atoms with Crippen molar-refractivity contribution in [3.05, 3.63) is 34.2 Å². The topological polar surface area (TPSA) is 121 Å². The van der Waals surface area contributed by atoms with Gasteiger partial charge in [0.15, 0.2) is 9.84 Å². The number of benzene rings is 1. The van der Waals surface area contributed by atoms with Gasteiger partial charge in [-0.05, 0) is 50.3 Å². The fourth-order valence-electron chi connectivity index (χ4n) is 4.13. The third-order valence-corrected chi connectivity index (χ3v) is 7.35. The summed E-state index contributed by atoms with van der Waals surface area (Å²) >= 11 is 0. The molecule has 1 saturated heterocycles. The van der Waals surface area contributed by atoms with Gasteiger partial charge in [-0.15, -0.1) is 0 Å². The first-order valence-electron chi connectivity index (χ1n) is 9.26. The third-order valence-electron chi connectivity index (χ3n) is 5.58. The van der Waals surface area contributed by atoms with E-state index in [1.165, 1.54) is 0 Å². The molecule has 2 aromatic rings. The van der Waals surface area contributed by atoms with Crippen LogP contribution < -0.4 is 11.0 Å². The molecule has 3 N–H and O–H groups in total. The summed E-state index contributed by atoms with van der Waals surface area (Å²) in [7, 11) is -3.06. The van der Waals surface area contributed by atoms with Crippen molar-refractivity contribution in [2.45, 2.75) is 50.3 Å². The molecule has 1 unspecified atom stereocenters. The molecule has 0 bridgehead atoms. The van der Waals surface area contributed by atoms with Gasteiger partial charge in [-0.25, -0.2) is 13.2 Å². The molecular formula is C18H23N3O5S. The molecule has 1 aliphatic carbocycles. The number of carbonyl (C=O) groups is 1. The average Bonchev–Trinajstić information content (AvgIpc) is 3.13. The summed E-state index contributed by atoms with van der Waals surface area (Å²) in [6.45, 7) is 0. The molecule has 1 aromatic heterocycles. The first-order valence-corrected chi connectivity index (χ1v) is 11.1. The molecule has 1 atom stereocenters. The number of aromatic amines is 1. The Bertz CT molecular complexity index is 1030. The second-order valence-corrected chi connectivity index (χ2v) is 9.80. The SMILES string of the molecule is O=C(NC1CCS(=O)(=O)C1)c1ccc2c(c1)[nH]c(=O)n2C1CCC(O)CC1. The predicted molar refractivity (Wildman–Crippen MR) is 101 cm³/mol. The highest BCUT2D eigenvalue weighted by atomic mass is 32.2. The molecule has 0 spiro atoms. The number of nitrogens with one attached hydrogen (secondary N) is 2. The summed E-state index contributed by atoms with van der Waals surface area (Å²) in [5.74, 6) is -0.265. The second-order valence-electron chi connectivity index (χ2n) is 7.57. The quantitative estimate of drug-likeness (QED) is 0.710. The van der Waals surface area contributed by atoms with Gasteiger partial charge in [-0.2, -0.15) is 0 Å². The van der Waals surface area contributed by atoms with E-state index >= 15 is 0 Å². The number of aliphatic hydroxyl groups excluding tert-OH is 1. The van der Waals surface area contributed by atoms with Crippen LogP contribution >= 0.6 is 0 Å². The van der Waals surface area contributed by atoms with Crippen molar-refractivity contribution >= 4 is 26.8 Å². The molecule has 1 amide bonds. The van der Waals surface area contributed by atoms with E-state index in [1.54, 1.807) is 22.8 Å². The van der Waals surface area contributed by atoms with Crippen molar-refractivity contribution in [1.82, 2.24) is 14.9 Å². The van der Waals surface area contributed by atoms with Gasteiger partial charge in [0.25, 0.3) is 5.91 Å². The minimum absolute atomic E-state index is 0.0261. The number of imidazole rings is 1. The Labute approximate surface area is 156 Å². The van der Waals surface area contributed by atoms with E-state index in [0.29, 0.717) is 30.3 Å². The van der Waals surface area contributed by atoms with Crippen molar-refractivity contribution in [3.8, 4) is 0 Å². The molecule has 4 rings (SSSR count). The number of nitrogens with zero attached hydrogens (tertiary/aromatic N) is 1. The Morgan fingerprint density at radius 1 is 1.19 bits per heavy atom. The summed E-state index contributed by atoms with van der Waals surface area (Å²) in [5, 5.41) is 12.4. The molecule has 1 aliphatic heterocycles. The number of aromatic nitrogens is 2. The van der Waals surface area contributed by atoms with E-state index in [1.807, 2.05) is 0 Å². The maximum Gasteiger partial charge on any atom is 0.326 e. The second kappa shape index (κ2) is 6.79. The molecule has 2 heterocycles. The van der Waals surface area contributed by atoms with Crippen molar-refractivity contribution in [1.29, 1.82) is 0 Å². The zero-order valence-corrected chi connectivity index (χ0v) is 15.7. The average molecular weight is 393 g/mol. The lowest BCUT2D eigenvalue weighted by Gasteiger charge is -2.26. The molecule has 1 aromatic carbocycles. The van der Waals surface area contributed by atoms with E-state index in [2.05, 4.69) is 10.3 Å². The van der Waals surface area contributed by atoms with Crippen LogP contribution in [0.3, 0.4) is 0 Å². The van der Waals surface area contributed by atoms with E-state index in [0.717, 1.165) is 18.4 Å². The van der Waals surface area contributed by atoms with Crippen LogP contribution in [0.4, 0.5) is 0 Å². The zero-order valence-electron chi connectivity index (χ0n) is 14.8. The Balaban J connectivity index is 1.56. The lowest BCUT2D eigenvalue weighted by Crippen LogP contribution is -2.35. The smallest absolute Gasteiger partial charge is 0.326 e. The maximum atomic E-state index is 12.5. The van der Waals surface area contributed by atoms with Crippen LogP contribution in [-0.4, -0.2) is 52.6 Å². The Morgan fingerprint density at radius 2 is 1.93 bits per heavy atom. The van der Waals surface area contributed by atoms with Crippen LogP contribution in [0.5, 0.6) is 0 Å². The Kier molecular flexibility index (Phi) is 4.59. The summed E-state index contributed by atoms with van der Waals surface area (Å²) in [5.41, 5.74) is 1.49. The molecule has 1 saturated carbocycles. The minimum Gasteiger partial charge on any atom is -0.393 e. The molecule has 2 fully saturated rings. The maximum absolute atomic E-state index is 12.5. The van der Waals surface area contributed by atoms with Gasteiger partial charge in [0.2, 0.25) is 0 Å². The number of hydrogen-bond acceptors (Lipinski definition) is 5. The van der Waals surface area contributed by atoms with Crippen LogP contribution in [-0.2, 0) is 9.84 Å². The number of aliphatic hydroxyl groups is 1. The van der Waals surface area contributed by atoms with E-state index in [4.69, 9.17) is 0 Å². The van der Waals surface area contributed by atoms with E-state index < -0.39 is 9.84 Å². The van der Waals surface area contributed by atoms with Gasteiger partial charge in [-0.1, -0.05) is 0 Å². The lowest BCUT2D eigenvalue weighted by molar-refractivity contribution is 0.0941. The standard InChI is InChI=1S/C18H23N3O5S/c22-14-4-2-13(3-5-14)21-16-6-1-11(9-15(16)20-18(21)24)17(23)19-12-7-8-27(25,26)10-12/h1,6,9,12-14,22H,2-5,7-8,10H2,(H,19,23)(H,20,24). The molecule has 146 valence electrons. The fourth-order valence-corrected chi connectivity index (χ4v) is 5.80. The highest BCUT2D eigenvalue weighted by Crippen LogP contribution is 2.30. The third kappa shape index (κ3) is 3.66. The zero-order chi connectivity index (χ0) is 19.2. The number of fused-ring (bicyclic) bond motifs is 1. The van der Waals surface area contributed by atoms with E-state index in [9.17, 15) is 23.1 Å². The molecular weight excluding hydrogens is 370 g/mol. The summed E-state index contributed by atoms with van der Waals surface area (Å²) < 4.78 is 24.8. The minimum atomic E-state index is -3.06. The van der Waals surface area contributed by atoms with Gasteiger partial charge >= 0.3 is 5.69 Å². The highest BCUT2D eigenvalue weighted by molar-refractivity contribution is 7.91. The summed E-state index contributed by atoms with van der Waals surface area (Å²) in [6.07, 6.45) is 2.97. The normalized spacial score (nSPS) is 27.7. The van der Waals surface area contributed by atoms with Crippen molar-refractivity contribution in [3.63, 3.8) is 0 Å². The number of sulfone groups is 1. The van der Waals surface area contributed by atoms with Crippen molar-refractivity contribution in [2.75, 3.05) is 11.5 Å². The first kappa shape index (κ1) is 18.2. The van der Waals surface area contributed by atoms with Gasteiger partial charge in [-0.3, -0.25) is 9.36 Å². The van der Waals surface area contributed by atoms with Gasteiger partial charge in [0, 0.05) is 17.6 Å². The highest BCUT2D eigenvalue weighted by Gasteiger charge is 2.29. The Morgan fingerprint density at radius 3 is 2.59 bits per heavy atom. The predicted octanol–water partition coefficient (Wildman–Crippen LogP) is 0.722. The largest absolute Gasteiger partial charge is 0.393 e. The number of amides is 1. The van der Waals surface area contributed by atoms with E-state index in [-0.39, 0.29) is 41.3 Å². The van der Waals surface area contributed by atoms with Gasteiger partial charge < -0.3 is 15.4 Å². The first-order chi connectivity index (χ1) is 12.8. The number of H-pyrrole nitrogens is 1. The number of carbonyl (C=O) groups excluding carboxylic acids is 1. The molecule has 9 heteroatoms. The van der Waals surface area contributed by atoms with Gasteiger partial charge in [0.05, 0.1) is 28.6 Å². The molecule has 27 heavy (non-hydrogen) atoms. The molecule has 8 nitrogen and oxygen atoms in total. The molecule has 2 aliphatic rings. The monoisotopic (exact) mass is 393 g/mol. The summed E-state index contributed by atoms with van der Waals surface area (Å²) in [6, 6.07) is 4.71. The van der Waals surface area contributed by atoms with Gasteiger partial charge in [0.1, 0.15) is 0 Å². The molecule has 0 radical (unpaired) electrons. The Hall–Kier alpha value is -2.13. The number of hydrogen-bond donors (Lipinski definition) is 3. The van der Waals surface area contributed by atoms with Crippen molar-refractivity contribution in [2.24, 2.45) is 0 Å². The summed E-state index contributed by atoms with van der Waals surface area (Å²) in [4.78, 5) is 27.7. The number of rotatable bonds is 3. The van der Waals surface area contributed by atoms with Crippen LogP contribution in [0.25, 0.3) is 11.0 Å². The van der Waals surface area contributed by atoms with Crippen LogP contribution in [0.2, 0.25) is 0 Å².